The highest BCUT2D eigenvalue weighted by atomic mass is 32.2. The first-order chi connectivity index (χ1) is 24.8. The Bertz CT molecular complexity index is 1700. The second kappa shape index (κ2) is 14.3. The summed E-state index contributed by atoms with van der Waals surface area (Å²) in [4.78, 5) is 58.5. The molecule has 2 aromatic heterocycles. The van der Waals surface area contributed by atoms with Crippen LogP contribution >= 0.6 is 11.8 Å². The van der Waals surface area contributed by atoms with Crippen molar-refractivity contribution >= 4 is 46.4 Å². The molecule has 10 atom stereocenters. The van der Waals surface area contributed by atoms with E-state index in [1.807, 2.05) is 22.5 Å². The van der Waals surface area contributed by atoms with Gasteiger partial charge in [0.1, 0.15) is 18.2 Å². The summed E-state index contributed by atoms with van der Waals surface area (Å²) in [6.07, 6.45) is 10.5. The van der Waals surface area contributed by atoms with E-state index in [4.69, 9.17) is 10.5 Å². The van der Waals surface area contributed by atoms with Gasteiger partial charge >= 0.3 is 5.97 Å². The molecule has 2 saturated heterocycles. The monoisotopic (exact) mass is 735 g/mol. The van der Waals surface area contributed by atoms with Gasteiger partial charge in [-0.2, -0.15) is 0 Å². The lowest BCUT2D eigenvalue weighted by molar-refractivity contribution is -0.205. The average Bonchev–Trinajstić information content (AvgIpc) is 3.87. The van der Waals surface area contributed by atoms with Gasteiger partial charge in [-0.15, -0.1) is 18.3 Å². The standard InChI is InChI=1S/C39H57N7O5S/c1-6-37(4)18-29(38(5)24(2)9-13-39(25(3)34(37)50)14-10-28(47)33(38)39)51-31(49)21-52-27-8-7-15-44(20-27)30(48)12-17-46-23-43-32-35(41-22-42-36(32)46)45-16-11-26(40)19-45/h6,22-27,29,33-34,50H,1,7-21,40H2,2-5H3/t24-,25+,26?,27?,29-,33-,34+,37-,38+,39+/m1/s1. The zero-order valence-electron chi connectivity index (χ0n) is 31.3. The van der Waals surface area contributed by atoms with Gasteiger partial charge in [0, 0.05) is 73.6 Å². The summed E-state index contributed by atoms with van der Waals surface area (Å²) in [6.45, 7) is 16.0. The number of Topliss-reactive ketones (excluding diaryl/α,β-unsaturated/α-hetero) is 1. The van der Waals surface area contributed by atoms with Gasteiger partial charge < -0.3 is 29.9 Å². The zero-order chi connectivity index (χ0) is 37.0. The van der Waals surface area contributed by atoms with Gasteiger partial charge in [0.05, 0.1) is 18.2 Å². The lowest BCUT2D eigenvalue weighted by Gasteiger charge is -2.61. The molecule has 52 heavy (non-hydrogen) atoms. The van der Waals surface area contributed by atoms with Crippen molar-refractivity contribution in [2.45, 2.75) is 116 Å². The number of aliphatic hydroxyl groups excluding tert-OH is 1. The van der Waals surface area contributed by atoms with Gasteiger partial charge in [-0.25, -0.2) is 15.0 Å². The molecule has 2 bridgehead atoms. The van der Waals surface area contributed by atoms with Crippen molar-refractivity contribution in [3.05, 3.63) is 25.3 Å². The lowest BCUT2D eigenvalue weighted by Crippen LogP contribution is -2.63. The molecule has 3 saturated carbocycles. The number of hydrogen-bond donors (Lipinski definition) is 2. The molecular formula is C39H57N7O5S. The van der Waals surface area contributed by atoms with Crippen molar-refractivity contribution < 1.29 is 24.2 Å². The van der Waals surface area contributed by atoms with Gasteiger partial charge in [-0.05, 0) is 62.2 Å². The summed E-state index contributed by atoms with van der Waals surface area (Å²) in [5, 5.41) is 11.9. The smallest absolute Gasteiger partial charge is 0.316 e. The number of amides is 1. The first kappa shape index (κ1) is 37.3. The number of nitrogens with zero attached hydrogens (tertiary/aromatic N) is 6. The Morgan fingerprint density at radius 1 is 1.13 bits per heavy atom. The molecule has 12 nitrogen and oxygen atoms in total. The minimum atomic E-state index is -0.690. The third-order valence-corrected chi connectivity index (χ3v) is 15.5. The van der Waals surface area contributed by atoms with E-state index in [9.17, 15) is 19.5 Å². The molecule has 284 valence electrons. The highest BCUT2D eigenvalue weighted by molar-refractivity contribution is 8.00. The van der Waals surface area contributed by atoms with Crippen LogP contribution in [0.4, 0.5) is 5.82 Å². The number of rotatable bonds is 9. The number of likely N-dealkylation sites (tertiary alicyclic amines) is 1. The number of ketones is 1. The number of esters is 1. The third kappa shape index (κ3) is 6.36. The molecule has 4 heterocycles. The van der Waals surface area contributed by atoms with Crippen LogP contribution in [-0.2, 0) is 25.7 Å². The molecule has 5 fully saturated rings. The topological polar surface area (TPSA) is 157 Å². The largest absolute Gasteiger partial charge is 0.461 e. The molecule has 2 unspecified atom stereocenters. The predicted molar refractivity (Wildman–Crippen MR) is 201 cm³/mol. The number of hydrogen-bond acceptors (Lipinski definition) is 11. The summed E-state index contributed by atoms with van der Waals surface area (Å²) < 4.78 is 8.39. The third-order valence-electron chi connectivity index (χ3n) is 14.2. The van der Waals surface area contributed by atoms with Crippen molar-refractivity contribution in [1.29, 1.82) is 0 Å². The molecule has 5 aliphatic rings. The predicted octanol–water partition coefficient (Wildman–Crippen LogP) is 4.38. The second-order valence-corrected chi connectivity index (χ2v) is 18.3. The Hall–Kier alpha value is -3.03. The van der Waals surface area contributed by atoms with Crippen molar-refractivity contribution in [1.82, 2.24) is 24.4 Å². The van der Waals surface area contributed by atoms with E-state index < -0.39 is 23.0 Å². The number of carbonyl (C=O) groups excluding carboxylic acids is 3. The maximum absolute atomic E-state index is 13.7. The highest BCUT2D eigenvalue weighted by Crippen LogP contribution is 2.68. The Balaban J connectivity index is 0.978. The Morgan fingerprint density at radius 2 is 1.94 bits per heavy atom. The Kier molecular flexibility index (Phi) is 10.3. The Labute approximate surface area is 311 Å². The van der Waals surface area contributed by atoms with E-state index in [0.29, 0.717) is 44.5 Å². The number of piperidine rings is 1. The van der Waals surface area contributed by atoms with Crippen LogP contribution in [0.15, 0.2) is 25.3 Å². The first-order valence-corrected chi connectivity index (χ1v) is 20.4. The number of aryl methyl sites for hydroxylation is 1. The lowest BCUT2D eigenvalue weighted by atomic mass is 9.44. The first-order valence-electron chi connectivity index (χ1n) is 19.4. The van der Waals surface area contributed by atoms with E-state index in [0.717, 1.165) is 62.9 Å². The van der Waals surface area contributed by atoms with Crippen molar-refractivity contribution in [3.8, 4) is 0 Å². The summed E-state index contributed by atoms with van der Waals surface area (Å²) in [7, 11) is 0. The van der Waals surface area contributed by atoms with Crippen LogP contribution in [0.1, 0.15) is 85.5 Å². The fraction of sp³-hybridized carbons (Fsp3) is 0.744. The minimum Gasteiger partial charge on any atom is -0.461 e. The summed E-state index contributed by atoms with van der Waals surface area (Å²) in [6, 6.07) is 0.124. The van der Waals surface area contributed by atoms with Crippen molar-refractivity contribution in [2.24, 2.45) is 39.7 Å². The van der Waals surface area contributed by atoms with Crippen LogP contribution in [-0.4, -0.2) is 103 Å². The SMILES string of the molecule is C=C[C@]1(C)C[C@@H](OC(=O)CSC2CCCN(C(=O)CCn3cnc4c(N5CCC(N)C5)ncnc43)C2)[C@]2(C)[C@H](C)CC[C@]3(CCC(=O)[C@@H]32)[C@@H](C)[C@@H]1O. The summed E-state index contributed by atoms with van der Waals surface area (Å²) >= 11 is 1.55. The molecule has 0 aromatic carbocycles. The second-order valence-electron chi connectivity index (χ2n) is 17.0. The normalized spacial score (nSPS) is 37.8. The molecule has 3 aliphatic carbocycles. The van der Waals surface area contributed by atoms with Crippen molar-refractivity contribution in [3.63, 3.8) is 0 Å². The fourth-order valence-corrected chi connectivity index (χ4v) is 11.9. The number of aliphatic hydroxyl groups is 1. The molecule has 3 N–H and O–H groups in total. The molecule has 2 aromatic rings. The van der Waals surface area contributed by atoms with Gasteiger partial charge in [0.25, 0.3) is 0 Å². The van der Waals surface area contributed by atoms with Gasteiger partial charge in [0.2, 0.25) is 5.91 Å². The van der Waals surface area contributed by atoms with E-state index in [2.05, 4.69) is 47.2 Å². The van der Waals surface area contributed by atoms with Crippen LogP contribution < -0.4 is 10.6 Å². The van der Waals surface area contributed by atoms with Crippen molar-refractivity contribution in [2.75, 3.05) is 36.8 Å². The number of carbonyl (C=O) groups is 3. The molecule has 7 rings (SSSR count). The maximum Gasteiger partial charge on any atom is 0.316 e. The van der Waals surface area contributed by atoms with E-state index in [1.165, 1.54) is 0 Å². The quantitative estimate of drug-likeness (QED) is 0.278. The highest BCUT2D eigenvalue weighted by Gasteiger charge is 2.68. The molecule has 0 spiro atoms. The van der Waals surface area contributed by atoms with E-state index in [-0.39, 0.29) is 57.9 Å². The summed E-state index contributed by atoms with van der Waals surface area (Å²) in [5.41, 5.74) is 6.07. The van der Waals surface area contributed by atoms with Crippen LogP contribution in [0, 0.1) is 34.0 Å². The fourth-order valence-electron chi connectivity index (χ4n) is 10.8. The summed E-state index contributed by atoms with van der Waals surface area (Å²) in [5.74, 6) is 0.865. The van der Waals surface area contributed by atoms with Crippen LogP contribution in [0.2, 0.25) is 0 Å². The molecule has 2 aliphatic heterocycles. The molecular weight excluding hydrogens is 679 g/mol. The number of nitrogens with two attached hydrogens (primary N) is 1. The number of anilines is 1. The van der Waals surface area contributed by atoms with E-state index in [1.54, 1.807) is 24.4 Å². The van der Waals surface area contributed by atoms with Gasteiger partial charge in [-0.1, -0.05) is 33.8 Å². The average molecular weight is 736 g/mol. The van der Waals surface area contributed by atoms with Gasteiger partial charge in [0.15, 0.2) is 17.0 Å². The number of thioether (sulfide) groups is 1. The number of fused-ring (bicyclic) bond motifs is 1. The number of ether oxygens (including phenoxy) is 1. The van der Waals surface area contributed by atoms with Gasteiger partial charge in [-0.3, -0.25) is 14.4 Å². The molecule has 1 amide bonds. The minimum absolute atomic E-state index is 0.0660. The van der Waals surface area contributed by atoms with Crippen LogP contribution in [0.5, 0.6) is 0 Å². The van der Waals surface area contributed by atoms with Crippen LogP contribution in [0.25, 0.3) is 11.2 Å². The molecule has 0 radical (unpaired) electrons. The molecule has 13 heteroatoms. The number of aromatic nitrogens is 4. The maximum atomic E-state index is 13.7. The zero-order valence-corrected chi connectivity index (χ0v) is 32.2. The van der Waals surface area contributed by atoms with E-state index >= 15 is 0 Å². The Morgan fingerprint density at radius 3 is 2.69 bits per heavy atom. The van der Waals surface area contributed by atoms with Crippen LogP contribution in [0.3, 0.4) is 0 Å². The number of imidazole rings is 1.